The van der Waals surface area contributed by atoms with Gasteiger partial charge in [0.2, 0.25) is 0 Å². The van der Waals surface area contributed by atoms with Crippen molar-refractivity contribution in [3.05, 3.63) is 46.7 Å². The number of hydrogen-bond donors (Lipinski definition) is 1. The van der Waals surface area contributed by atoms with Gasteiger partial charge in [0.05, 0.1) is 0 Å². The SMILES string of the molecule is CCCc1nc(N)cc(N(C)Cc2ccccc2Cl)n1. The molecule has 0 aliphatic carbocycles. The molecule has 2 rings (SSSR count). The Bertz CT molecular complexity index is 586. The lowest BCUT2D eigenvalue weighted by Crippen LogP contribution is -2.19. The minimum atomic E-state index is 0.504. The molecule has 106 valence electrons. The third-order valence-electron chi connectivity index (χ3n) is 3.01. The van der Waals surface area contributed by atoms with Crippen LogP contribution in [0.25, 0.3) is 0 Å². The van der Waals surface area contributed by atoms with Crippen molar-refractivity contribution in [1.82, 2.24) is 9.97 Å². The molecule has 1 heterocycles. The second kappa shape index (κ2) is 6.57. The minimum absolute atomic E-state index is 0.504. The van der Waals surface area contributed by atoms with Crippen LogP contribution in [0.5, 0.6) is 0 Å². The number of aryl methyl sites for hydroxylation is 1. The van der Waals surface area contributed by atoms with Crippen LogP contribution < -0.4 is 10.6 Å². The molecule has 20 heavy (non-hydrogen) atoms. The molecule has 0 amide bonds. The highest BCUT2D eigenvalue weighted by atomic mass is 35.5. The molecular formula is C15H19ClN4. The van der Waals surface area contributed by atoms with Crippen LogP contribution in [0.2, 0.25) is 5.02 Å². The van der Waals surface area contributed by atoms with E-state index in [2.05, 4.69) is 16.9 Å². The molecule has 0 fully saturated rings. The predicted molar refractivity (Wildman–Crippen MR) is 84.0 cm³/mol. The van der Waals surface area contributed by atoms with Crippen molar-refractivity contribution in [2.75, 3.05) is 17.7 Å². The number of rotatable bonds is 5. The van der Waals surface area contributed by atoms with Gasteiger partial charge in [0.25, 0.3) is 0 Å². The molecule has 4 nitrogen and oxygen atoms in total. The maximum atomic E-state index is 6.18. The summed E-state index contributed by atoms with van der Waals surface area (Å²) < 4.78 is 0. The van der Waals surface area contributed by atoms with Gasteiger partial charge >= 0.3 is 0 Å². The lowest BCUT2D eigenvalue weighted by atomic mass is 10.2. The van der Waals surface area contributed by atoms with Crippen molar-refractivity contribution in [2.45, 2.75) is 26.3 Å². The van der Waals surface area contributed by atoms with Gasteiger partial charge in [-0.15, -0.1) is 0 Å². The summed E-state index contributed by atoms with van der Waals surface area (Å²) in [6.07, 6.45) is 1.83. The quantitative estimate of drug-likeness (QED) is 0.918. The van der Waals surface area contributed by atoms with Gasteiger partial charge in [-0.25, -0.2) is 9.97 Å². The molecule has 0 saturated carbocycles. The number of aromatic nitrogens is 2. The number of hydrogen-bond acceptors (Lipinski definition) is 4. The molecule has 2 N–H and O–H groups in total. The number of anilines is 2. The van der Waals surface area contributed by atoms with Crippen molar-refractivity contribution in [2.24, 2.45) is 0 Å². The molecule has 5 heteroatoms. The first kappa shape index (κ1) is 14.6. The Morgan fingerprint density at radius 1 is 1.25 bits per heavy atom. The van der Waals surface area contributed by atoms with Crippen molar-refractivity contribution < 1.29 is 0 Å². The van der Waals surface area contributed by atoms with Crippen LogP contribution >= 0.6 is 11.6 Å². The van der Waals surface area contributed by atoms with E-state index in [0.717, 1.165) is 35.1 Å². The summed E-state index contributed by atoms with van der Waals surface area (Å²) >= 11 is 6.18. The highest BCUT2D eigenvalue weighted by Crippen LogP contribution is 2.20. The fourth-order valence-corrected chi connectivity index (χ4v) is 2.19. The van der Waals surface area contributed by atoms with Crippen molar-refractivity contribution in [3.8, 4) is 0 Å². The van der Waals surface area contributed by atoms with E-state index in [4.69, 9.17) is 17.3 Å². The van der Waals surface area contributed by atoms with E-state index in [1.54, 1.807) is 6.07 Å². The lowest BCUT2D eigenvalue weighted by Gasteiger charge is -2.19. The molecule has 0 spiro atoms. The molecule has 0 unspecified atom stereocenters. The Morgan fingerprint density at radius 3 is 2.70 bits per heavy atom. The van der Waals surface area contributed by atoms with Gasteiger partial charge in [-0.1, -0.05) is 36.7 Å². The van der Waals surface area contributed by atoms with Crippen molar-refractivity contribution >= 4 is 23.2 Å². The Kier molecular flexibility index (Phi) is 4.79. The lowest BCUT2D eigenvalue weighted by molar-refractivity contribution is 0.815. The van der Waals surface area contributed by atoms with Crippen LogP contribution in [-0.4, -0.2) is 17.0 Å². The zero-order valence-electron chi connectivity index (χ0n) is 11.8. The molecule has 0 saturated heterocycles. The van der Waals surface area contributed by atoms with E-state index in [1.807, 2.05) is 36.2 Å². The van der Waals surface area contributed by atoms with Crippen LogP contribution in [0.15, 0.2) is 30.3 Å². The first-order valence-electron chi connectivity index (χ1n) is 6.68. The van der Waals surface area contributed by atoms with Crippen LogP contribution in [0.1, 0.15) is 24.7 Å². The summed E-state index contributed by atoms with van der Waals surface area (Å²) in [5.41, 5.74) is 6.91. The standard InChI is InChI=1S/C15H19ClN4/c1-3-6-14-18-13(17)9-15(19-14)20(2)10-11-7-4-5-8-12(11)16/h4-5,7-9H,3,6,10H2,1-2H3,(H2,17,18,19). The highest BCUT2D eigenvalue weighted by molar-refractivity contribution is 6.31. The molecule has 0 atom stereocenters. The minimum Gasteiger partial charge on any atom is -0.384 e. The van der Waals surface area contributed by atoms with E-state index in [-0.39, 0.29) is 0 Å². The molecule has 1 aromatic carbocycles. The average Bonchev–Trinajstić information content (AvgIpc) is 2.41. The Labute approximate surface area is 124 Å². The van der Waals surface area contributed by atoms with Crippen molar-refractivity contribution in [1.29, 1.82) is 0 Å². The molecular weight excluding hydrogens is 272 g/mol. The molecule has 0 bridgehead atoms. The first-order chi connectivity index (χ1) is 9.60. The molecule has 0 aliphatic heterocycles. The topological polar surface area (TPSA) is 55.0 Å². The maximum Gasteiger partial charge on any atom is 0.134 e. The summed E-state index contributed by atoms with van der Waals surface area (Å²) in [5, 5.41) is 0.759. The summed E-state index contributed by atoms with van der Waals surface area (Å²) in [5.74, 6) is 2.11. The number of benzene rings is 1. The van der Waals surface area contributed by atoms with E-state index in [0.29, 0.717) is 12.4 Å². The van der Waals surface area contributed by atoms with Crippen molar-refractivity contribution in [3.63, 3.8) is 0 Å². The van der Waals surface area contributed by atoms with Gasteiger partial charge in [0, 0.05) is 31.1 Å². The highest BCUT2D eigenvalue weighted by Gasteiger charge is 2.09. The Balaban J connectivity index is 2.20. The fraction of sp³-hybridized carbons (Fsp3) is 0.333. The summed E-state index contributed by atoms with van der Waals surface area (Å²) in [4.78, 5) is 10.8. The normalized spacial score (nSPS) is 10.6. The number of nitrogen functional groups attached to an aromatic ring is 1. The van der Waals surface area contributed by atoms with Crippen LogP contribution in [0, 0.1) is 0 Å². The van der Waals surface area contributed by atoms with Crippen LogP contribution in [0.3, 0.4) is 0 Å². The Morgan fingerprint density at radius 2 is 2.00 bits per heavy atom. The van der Waals surface area contributed by atoms with E-state index >= 15 is 0 Å². The van der Waals surface area contributed by atoms with Gasteiger partial charge in [-0.3, -0.25) is 0 Å². The largest absolute Gasteiger partial charge is 0.384 e. The molecule has 0 aliphatic rings. The predicted octanol–water partition coefficient (Wildman–Crippen LogP) is 3.30. The average molecular weight is 291 g/mol. The smallest absolute Gasteiger partial charge is 0.134 e. The summed E-state index contributed by atoms with van der Waals surface area (Å²) in [6, 6.07) is 9.59. The van der Waals surface area contributed by atoms with Gasteiger partial charge in [0.15, 0.2) is 0 Å². The van der Waals surface area contributed by atoms with Gasteiger partial charge in [-0.05, 0) is 18.1 Å². The molecule has 0 radical (unpaired) electrons. The second-order valence-corrected chi connectivity index (χ2v) is 5.17. The third kappa shape index (κ3) is 3.61. The molecule has 1 aromatic heterocycles. The Hall–Kier alpha value is -1.81. The summed E-state index contributed by atoms with van der Waals surface area (Å²) in [7, 11) is 1.97. The monoisotopic (exact) mass is 290 g/mol. The maximum absolute atomic E-state index is 6.18. The number of nitrogens with two attached hydrogens (primary N) is 1. The van der Waals surface area contributed by atoms with E-state index in [1.165, 1.54) is 0 Å². The van der Waals surface area contributed by atoms with Crippen LogP contribution in [0.4, 0.5) is 11.6 Å². The van der Waals surface area contributed by atoms with Gasteiger partial charge < -0.3 is 10.6 Å². The number of nitrogens with zero attached hydrogens (tertiary/aromatic N) is 3. The second-order valence-electron chi connectivity index (χ2n) is 4.76. The van der Waals surface area contributed by atoms with Gasteiger partial charge in [-0.2, -0.15) is 0 Å². The zero-order valence-corrected chi connectivity index (χ0v) is 12.6. The van der Waals surface area contributed by atoms with E-state index < -0.39 is 0 Å². The summed E-state index contributed by atoms with van der Waals surface area (Å²) in [6.45, 7) is 2.78. The zero-order chi connectivity index (χ0) is 14.5. The van der Waals surface area contributed by atoms with Crippen LogP contribution in [-0.2, 0) is 13.0 Å². The number of halogens is 1. The molecule has 2 aromatic rings. The van der Waals surface area contributed by atoms with Gasteiger partial charge in [0.1, 0.15) is 17.5 Å². The fourth-order valence-electron chi connectivity index (χ4n) is 2.00. The van der Waals surface area contributed by atoms with E-state index in [9.17, 15) is 0 Å². The first-order valence-corrected chi connectivity index (χ1v) is 7.06. The third-order valence-corrected chi connectivity index (χ3v) is 3.38.